The number of para-hydroxylation sites is 1. The van der Waals surface area contributed by atoms with E-state index in [1.807, 2.05) is 29.8 Å². The predicted molar refractivity (Wildman–Crippen MR) is 77.9 cm³/mol. The van der Waals surface area contributed by atoms with Gasteiger partial charge in [-0.2, -0.15) is 0 Å². The molecule has 1 aliphatic rings. The number of nitrogens with zero attached hydrogens (tertiary/aromatic N) is 4. The van der Waals surface area contributed by atoms with Gasteiger partial charge in [-0.15, -0.1) is 5.10 Å². The molecule has 1 fully saturated rings. The second-order valence-electron chi connectivity index (χ2n) is 5.09. The van der Waals surface area contributed by atoms with Crippen molar-refractivity contribution in [3.8, 4) is 17.1 Å². The number of aromatic nitrogens is 4. The quantitative estimate of drug-likeness (QED) is 0.842. The summed E-state index contributed by atoms with van der Waals surface area (Å²) in [6, 6.07) is 5.88. The zero-order valence-electron chi connectivity index (χ0n) is 12.2. The van der Waals surface area contributed by atoms with Crippen molar-refractivity contribution < 1.29 is 9.47 Å². The van der Waals surface area contributed by atoms with Crippen LogP contribution in [-0.4, -0.2) is 40.0 Å². The molecule has 1 aromatic carbocycles. The number of hydrogen-bond donors (Lipinski definition) is 1. The van der Waals surface area contributed by atoms with Gasteiger partial charge in [-0.25, -0.2) is 4.68 Å². The van der Waals surface area contributed by atoms with Crippen LogP contribution >= 0.6 is 0 Å². The molecule has 1 saturated carbocycles. The number of nitrogens with two attached hydrogens (primary N) is 1. The zero-order chi connectivity index (χ0) is 14.8. The molecule has 0 bridgehead atoms. The Morgan fingerprint density at radius 3 is 2.90 bits per heavy atom. The summed E-state index contributed by atoms with van der Waals surface area (Å²) >= 11 is 0. The van der Waals surface area contributed by atoms with E-state index in [0.717, 1.165) is 18.4 Å². The van der Waals surface area contributed by atoms with Crippen LogP contribution < -0.4 is 10.5 Å². The van der Waals surface area contributed by atoms with Crippen LogP contribution in [0.2, 0.25) is 0 Å². The van der Waals surface area contributed by atoms with Crippen molar-refractivity contribution in [2.24, 2.45) is 0 Å². The summed E-state index contributed by atoms with van der Waals surface area (Å²) in [5.41, 5.74) is 7.42. The van der Waals surface area contributed by atoms with Gasteiger partial charge in [0.05, 0.1) is 30.0 Å². The molecule has 1 aromatic heterocycles. The Kier molecular flexibility index (Phi) is 3.74. The maximum atomic E-state index is 6.01. The lowest BCUT2D eigenvalue weighted by Gasteiger charge is -2.34. The summed E-state index contributed by atoms with van der Waals surface area (Å²) in [7, 11) is 1.73. The normalized spacial score (nSPS) is 21.0. The van der Waals surface area contributed by atoms with Gasteiger partial charge in [-0.1, -0.05) is 6.07 Å². The van der Waals surface area contributed by atoms with Crippen LogP contribution in [-0.2, 0) is 4.74 Å². The molecular formula is C14H19N5O2. The van der Waals surface area contributed by atoms with Gasteiger partial charge >= 0.3 is 0 Å². The molecule has 0 spiro atoms. The van der Waals surface area contributed by atoms with Crippen LogP contribution in [0.1, 0.15) is 25.8 Å². The van der Waals surface area contributed by atoms with Crippen molar-refractivity contribution in [2.45, 2.75) is 31.9 Å². The van der Waals surface area contributed by atoms with E-state index in [9.17, 15) is 0 Å². The van der Waals surface area contributed by atoms with Crippen LogP contribution in [0.3, 0.4) is 0 Å². The van der Waals surface area contributed by atoms with E-state index in [1.165, 1.54) is 0 Å². The molecule has 1 heterocycles. The molecule has 0 saturated heterocycles. The van der Waals surface area contributed by atoms with Crippen LogP contribution in [0, 0.1) is 0 Å². The Hall–Kier alpha value is -2.15. The van der Waals surface area contributed by atoms with E-state index in [-0.39, 0.29) is 6.04 Å². The molecule has 2 aromatic rings. The van der Waals surface area contributed by atoms with Crippen LogP contribution in [0.4, 0.5) is 5.69 Å². The molecule has 0 radical (unpaired) electrons. The molecule has 0 unspecified atom stereocenters. The summed E-state index contributed by atoms with van der Waals surface area (Å²) in [5, 5.41) is 12.1. The monoisotopic (exact) mass is 289 g/mol. The van der Waals surface area contributed by atoms with Crippen LogP contribution in [0.5, 0.6) is 5.75 Å². The second kappa shape index (κ2) is 5.69. The van der Waals surface area contributed by atoms with Gasteiger partial charge in [-0.3, -0.25) is 0 Å². The summed E-state index contributed by atoms with van der Waals surface area (Å²) in [6.45, 7) is 2.46. The van der Waals surface area contributed by atoms with Crippen molar-refractivity contribution in [1.82, 2.24) is 20.2 Å². The summed E-state index contributed by atoms with van der Waals surface area (Å²) in [6.07, 6.45) is 2.13. The average Bonchev–Trinajstić information content (AvgIpc) is 2.89. The molecular weight excluding hydrogens is 270 g/mol. The van der Waals surface area contributed by atoms with Gasteiger partial charge in [0, 0.05) is 7.11 Å². The Balaban J connectivity index is 1.95. The van der Waals surface area contributed by atoms with E-state index < -0.39 is 0 Å². The molecule has 7 heteroatoms. The lowest BCUT2D eigenvalue weighted by molar-refractivity contribution is 0.00247. The second-order valence-corrected chi connectivity index (χ2v) is 5.09. The topological polar surface area (TPSA) is 88.1 Å². The van der Waals surface area contributed by atoms with E-state index in [0.29, 0.717) is 30.0 Å². The number of nitrogen functional groups attached to an aromatic ring is 1. The number of ether oxygens (including phenoxy) is 2. The van der Waals surface area contributed by atoms with Gasteiger partial charge in [0.2, 0.25) is 0 Å². The molecule has 1 aliphatic carbocycles. The van der Waals surface area contributed by atoms with E-state index in [2.05, 4.69) is 15.5 Å². The minimum Gasteiger partial charge on any atom is -0.491 e. The van der Waals surface area contributed by atoms with Gasteiger partial charge in [0.25, 0.3) is 0 Å². The lowest BCUT2D eigenvalue weighted by atomic mass is 9.89. The smallest absolute Gasteiger partial charge is 0.186 e. The predicted octanol–water partition coefficient (Wildman–Crippen LogP) is 1.67. The van der Waals surface area contributed by atoms with Crippen molar-refractivity contribution in [3.63, 3.8) is 0 Å². The first-order chi connectivity index (χ1) is 10.2. The number of anilines is 1. The fourth-order valence-electron chi connectivity index (χ4n) is 2.58. The lowest BCUT2D eigenvalue weighted by Crippen LogP contribution is -2.33. The summed E-state index contributed by atoms with van der Waals surface area (Å²) in [4.78, 5) is 0. The van der Waals surface area contributed by atoms with E-state index in [4.69, 9.17) is 15.2 Å². The summed E-state index contributed by atoms with van der Waals surface area (Å²) in [5.74, 6) is 1.32. The van der Waals surface area contributed by atoms with Gasteiger partial charge in [0.1, 0.15) is 0 Å². The molecule has 0 aliphatic heterocycles. The van der Waals surface area contributed by atoms with Crippen LogP contribution in [0.15, 0.2) is 18.2 Å². The Morgan fingerprint density at radius 2 is 2.19 bits per heavy atom. The first-order valence-electron chi connectivity index (χ1n) is 7.06. The Morgan fingerprint density at radius 1 is 1.38 bits per heavy atom. The molecule has 21 heavy (non-hydrogen) atoms. The highest BCUT2D eigenvalue weighted by Gasteiger charge is 2.33. The molecule has 2 N–H and O–H groups in total. The number of hydrogen-bond acceptors (Lipinski definition) is 6. The Bertz CT molecular complexity index is 622. The third-order valence-corrected chi connectivity index (χ3v) is 3.82. The standard InChI is InChI=1S/C14H19N5O2/c1-3-21-13-11(5-4-6-12(13)15)14-16-17-18-19(14)9-7-10(8-9)20-2/h4-6,9-10H,3,7-8,15H2,1-2H3. The third-order valence-electron chi connectivity index (χ3n) is 3.82. The molecule has 7 nitrogen and oxygen atoms in total. The van der Waals surface area contributed by atoms with Gasteiger partial charge in [-0.05, 0) is 42.3 Å². The third kappa shape index (κ3) is 2.44. The van der Waals surface area contributed by atoms with Crippen molar-refractivity contribution >= 4 is 5.69 Å². The largest absolute Gasteiger partial charge is 0.491 e. The number of benzene rings is 1. The average molecular weight is 289 g/mol. The summed E-state index contributed by atoms with van der Waals surface area (Å²) < 4.78 is 12.8. The first-order valence-corrected chi connectivity index (χ1v) is 7.06. The maximum Gasteiger partial charge on any atom is 0.186 e. The van der Waals surface area contributed by atoms with Crippen LogP contribution in [0.25, 0.3) is 11.4 Å². The van der Waals surface area contributed by atoms with E-state index in [1.54, 1.807) is 7.11 Å². The molecule has 112 valence electrons. The zero-order valence-corrected chi connectivity index (χ0v) is 12.2. The fraction of sp³-hybridized carbons (Fsp3) is 0.500. The van der Waals surface area contributed by atoms with Crippen molar-refractivity contribution in [2.75, 3.05) is 19.5 Å². The minimum atomic E-state index is 0.260. The highest BCUT2D eigenvalue weighted by molar-refractivity contribution is 5.73. The highest BCUT2D eigenvalue weighted by Crippen LogP contribution is 2.39. The van der Waals surface area contributed by atoms with Gasteiger partial charge < -0.3 is 15.2 Å². The van der Waals surface area contributed by atoms with Crippen molar-refractivity contribution in [1.29, 1.82) is 0 Å². The Labute approximate surface area is 123 Å². The number of methoxy groups -OCH3 is 1. The number of rotatable bonds is 5. The van der Waals surface area contributed by atoms with Gasteiger partial charge in [0.15, 0.2) is 11.6 Å². The fourth-order valence-corrected chi connectivity index (χ4v) is 2.58. The molecule has 3 rings (SSSR count). The molecule has 0 atom stereocenters. The SMILES string of the molecule is CCOc1c(N)cccc1-c1nnnn1C1CC(OC)C1. The highest BCUT2D eigenvalue weighted by atomic mass is 16.5. The first kappa shape index (κ1) is 13.8. The van der Waals surface area contributed by atoms with E-state index >= 15 is 0 Å². The van der Waals surface area contributed by atoms with Crippen molar-refractivity contribution in [3.05, 3.63) is 18.2 Å². The minimum absolute atomic E-state index is 0.260. The number of tetrazole rings is 1. The molecule has 0 amide bonds. The maximum absolute atomic E-state index is 6.01.